The second-order valence-electron chi connectivity index (χ2n) is 13.2. The maximum absolute atomic E-state index is 7.02. The van der Waals surface area contributed by atoms with Gasteiger partial charge in [0, 0.05) is 27.6 Å². The van der Waals surface area contributed by atoms with E-state index in [1.807, 2.05) is 0 Å². The van der Waals surface area contributed by atoms with Gasteiger partial charge >= 0.3 is 0 Å². The Morgan fingerprint density at radius 2 is 0.765 bits per heavy atom. The maximum Gasteiger partial charge on any atom is 0.143 e. The molecular weight excluding hydrogens is 617 g/mol. The van der Waals surface area contributed by atoms with E-state index >= 15 is 0 Å². The van der Waals surface area contributed by atoms with E-state index in [-0.39, 0.29) is 0 Å². The standard InChI is InChI=1S/C50H32O/c1-3-15-35(16-4-1)47-44-24-13-25-45(50(44)51-49(47)37-17-5-2-6-18-37)48-42-22-11-9-20-40(42)46(41-21-10-12-23-43(41)48)36-29-26-34(27-30-36)39-31-28-33-14-7-8-19-38(33)32-39/h1-32H. The number of hydrogen-bond donors (Lipinski definition) is 0. The minimum atomic E-state index is 0.890. The van der Waals surface area contributed by atoms with Crippen LogP contribution in [-0.2, 0) is 0 Å². The molecule has 0 aliphatic rings. The van der Waals surface area contributed by atoms with Crippen molar-refractivity contribution in [2.24, 2.45) is 0 Å². The van der Waals surface area contributed by atoms with Crippen molar-refractivity contribution in [1.82, 2.24) is 0 Å². The fourth-order valence-corrected chi connectivity index (χ4v) is 7.93. The van der Waals surface area contributed by atoms with Gasteiger partial charge in [0.1, 0.15) is 11.3 Å². The summed E-state index contributed by atoms with van der Waals surface area (Å²) in [5, 5.41) is 8.48. The van der Waals surface area contributed by atoms with Crippen LogP contribution in [0, 0.1) is 0 Å². The number of benzene rings is 9. The second-order valence-corrected chi connectivity index (χ2v) is 13.2. The summed E-state index contributed by atoms with van der Waals surface area (Å²) in [6.07, 6.45) is 0. The fourth-order valence-electron chi connectivity index (χ4n) is 7.93. The van der Waals surface area contributed by atoms with E-state index in [0.29, 0.717) is 0 Å². The molecule has 1 heteroatoms. The molecule has 10 aromatic rings. The van der Waals surface area contributed by atoms with Gasteiger partial charge in [-0.3, -0.25) is 0 Å². The molecule has 0 bridgehead atoms. The van der Waals surface area contributed by atoms with Gasteiger partial charge in [-0.15, -0.1) is 0 Å². The average Bonchev–Trinajstić information content (AvgIpc) is 3.61. The van der Waals surface area contributed by atoms with E-state index < -0.39 is 0 Å². The molecule has 0 saturated heterocycles. The van der Waals surface area contributed by atoms with Crippen LogP contribution in [0.2, 0.25) is 0 Å². The normalized spacial score (nSPS) is 11.5. The lowest BCUT2D eigenvalue weighted by atomic mass is 9.85. The Bertz CT molecular complexity index is 2820. The number of para-hydroxylation sites is 1. The molecule has 10 rings (SSSR count). The highest BCUT2D eigenvalue weighted by Crippen LogP contribution is 2.49. The first-order valence-electron chi connectivity index (χ1n) is 17.5. The molecule has 1 heterocycles. The predicted molar refractivity (Wildman–Crippen MR) is 216 cm³/mol. The largest absolute Gasteiger partial charge is 0.455 e. The molecule has 0 saturated carbocycles. The summed E-state index contributed by atoms with van der Waals surface area (Å²) in [4.78, 5) is 0. The minimum Gasteiger partial charge on any atom is -0.455 e. The number of furan rings is 1. The van der Waals surface area contributed by atoms with E-state index in [1.54, 1.807) is 0 Å². The van der Waals surface area contributed by atoms with E-state index in [1.165, 1.54) is 60.1 Å². The van der Waals surface area contributed by atoms with Crippen molar-refractivity contribution < 1.29 is 4.42 Å². The minimum absolute atomic E-state index is 0.890. The second kappa shape index (κ2) is 12.0. The molecule has 0 aliphatic heterocycles. The van der Waals surface area contributed by atoms with Crippen LogP contribution in [0.3, 0.4) is 0 Å². The van der Waals surface area contributed by atoms with Gasteiger partial charge in [-0.05, 0) is 66.2 Å². The summed E-state index contributed by atoms with van der Waals surface area (Å²) >= 11 is 0. The summed E-state index contributed by atoms with van der Waals surface area (Å²) < 4.78 is 7.02. The predicted octanol–water partition coefficient (Wildman–Crippen LogP) is 14.2. The van der Waals surface area contributed by atoms with Gasteiger partial charge in [0.25, 0.3) is 0 Å². The van der Waals surface area contributed by atoms with Crippen molar-refractivity contribution in [3.8, 4) is 55.8 Å². The van der Waals surface area contributed by atoms with Gasteiger partial charge in [-0.2, -0.15) is 0 Å². The third kappa shape index (κ3) is 4.86. The van der Waals surface area contributed by atoms with Crippen LogP contribution in [0.15, 0.2) is 199 Å². The summed E-state index contributed by atoms with van der Waals surface area (Å²) in [5.74, 6) is 0.890. The molecule has 0 fully saturated rings. The molecule has 0 N–H and O–H groups in total. The number of rotatable bonds is 5. The van der Waals surface area contributed by atoms with Gasteiger partial charge in [-0.25, -0.2) is 0 Å². The Morgan fingerprint density at radius 3 is 1.43 bits per heavy atom. The van der Waals surface area contributed by atoms with Gasteiger partial charge in [0.2, 0.25) is 0 Å². The molecule has 0 amide bonds. The molecule has 0 spiro atoms. The smallest absolute Gasteiger partial charge is 0.143 e. The van der Waals surface area contributed by atoms with Crippen LogP contribution in [0.1, 0.15) is 0 Å². The lowest BCUT2D eigenvalue weighted by molar-refractivity contribution is 0.633. The molecule has 1 nitrogen and oxygen atoms in total. The molecular formula is C50H32O. The van der Waals surface area contributed by atoms with Gasteiger partial charge in [0.15, 0.2) is 0 Å². The molecule has 51 heavy (non-hydrogen) atoms. The Hall–Kier alpha value is -6.70. The van der Waals surface area contributed by atoms with Crippen LogP contribution < -0.4 is 0 Å². The first-order chi connectivity index (χ1) is 25.3. The van der Waals surface area contributed by atoms with Crippen molar-refractivity contribution >= 4 is 43.3 Å². The van der Waals surface area contributed by atoms with Crippen LogP contribution >= 0.6 is 0 Å². The highest BCUT2D eigenvalue weighted by atomic mass is 16.3. The van der Waals surface area contributed by atoms with Gasteiger partial charge in [-0.1, -0.05) is 188 Å². The fraction of sp³-hybridized carbons (Fsp3) is 0. The summed E-state index contributed by atoms with van der Waals surface area (Å²) in [6.45, 7) is 0. The van der Waals surface area contributed by atoms with E-state index in [9.17, 15) is 0 Å². The highest BCUT2D eigenvalue weighted by Gasteiger charge is 2.23. The van der Waals surface area contributed by atoms with Crippen molar-refractivity contribution in [1.29, 1.82) is 0 Å². The van der Waals surface area contributed by atoms with Crippen LogP contribution in [0.5, 0.6) is 0 Å². The van der Waals surface area contributed by atoms with E-state index in [4.69, 9.17) is 4.42 Å². The molecule has 0 radical (unpaired) electrons. The molecule has 9 aromatic carbocycles. The third-order valence-corrected chi connectivity index (χ3v) is 10.3. The molecule has 1 aromatic heterocycles. The zero-order chi connectivity index (χ0) is 33.7. The van der Waals surface area contributed by atoms with Crippen LogP contribution in [0.25, 0.3) is 99.1 Å². The van der Waals surface area contributed by atoms with Gasteiger partial charge in [0.05, 0.1) is 0 Å². The lowest BCUT2D eigenvalue weighted by Crippen LogP contribution is -1.91. The molecule has 0 atom stereocenters. The zero-order valence-electron chi connectivity index (χ0n) is 27.9. The molecule has 238 valence electrons. The topological polar surface area (TPSA) is 13.1 Å². The van der Waals surface area contributed by atoms with Gasteiger partial charge < -0.3 is 4.42 Å². The van der Waals surface area contributed by atoms with Crippen molar-refractivity contribution in [2.45, 2.75) is 0 Å². The lowest BCUT2D eigenvalue weighted by Gasteiger charge is -2.18. The van der Waals surface area contributed by atoms with Crippen molar-refractivity contribution in [2.75, 3.05) is 0 Å². The monoisotopic (exact) mass is 648 g/mol. The summed E-state index contributed by atoms with van der Waals surface area (Å²) in [5.41, 5.74) is 11.4. The Morgan fingerprint density at radius 1 is 0.275 bits per heavy atom. The molecule has 0 aliphatic carbocycles. The van der Waals surface area contributed by atoms with Crippen molar-refractivity contribution in [3.05, 3.63) is 194 Å². The van der Waals surface area contributed by atoms with Crippen molar-refractivity contribution in [3.63, 3.8) is 0 Å². The number of hydrogen-bond acceptors (Lipinski definition) is 1. The van der Waals surface area contributed by atoms with E-state index in [2.05, 4.69) is 194 Å². The first-order valence-corrected chi connectivity index (χ1v) is 17.5. The Balaban J connectivity index is 1.20. The quantitative estimate of drug-likeness (QED) is 0.169. The van der Waals surface area contributed by atoms with Crippen LogP contribution in [-0.4, -0.2) is 0 Å². The SMILES string of the molecule is c1ccc(-c2oc3c(-c4c5ccccc5c(-c5ccc(-c6ccc7ccccc7c6)cc5)c5ccccc45)cccc3c2-c2ccccc2)cc1. The highest BCUT2D eigenvalue weighted by molar-refractivity contribution is 6.24. The number of fused-ring (bicyclic) bond motifs is 4. The molecule has 0 unspecified atom stereocenters. The average molecular weight is 649 g/mol. The van der Waals surface area contributed by atoms with Crippen LogP contribution in [0.4, 0.5) is 0 Å². The van der Waals surface area contributed by atoms with E-state index in [0.717, 1.165) is 39.0 Å². The maximum atomic E-state index is 7.02. The zero-order valence-corrected chi connectivity index (χ0v) is 27.9. The summed E-state index contributed by atoms with van der Waals surface area (Å²) in [7, 11) is 0. The Kier molecular flexibility index (Phi) is 6.89. The first kappa shape index (κ1) is 29.2. The summed E-state index contributed by atoms with van der Waals surface area (Å²) in [6, 6.07) is 69.7. The third-order valence-electron chi connectivity index (χ3n) is 10.3. The Labute approximate surface area is 296 Å².